The molecule has 1 aliphatic heterocycles. The first-order valence-electron chi connectivity index (χ1n) is 7.92. The molecule has 3 nitrogen and oxygen atoms in total. The van der Waals surface area contributed by atoms with Crippen LogP contribution in [0.25, 0.3) is 10.4 Å². The van der Waals surface area contributed by atoms with Crippen LogP contribution in [-0.2, 0) is 4.79 Å². The number of thiophene rings is 1. The average Bonchev–Trinajstić information content (AvgIpc) is 3.00. The summed E-state index contributed by atoms with van der Waals surface area (Å²) in [4.78, 5) is 13.8. The number of halogens is 1. The van der Waals surface area contributed by atoms with Crippen LogP contribution >= 0.6 is 23.7 Å². The summed E-state index contributed by atoms with van der Waals surface area (Å²) in [5.74, 6) is 0.408. The fraction of sp³-hybridized carbons (Fsp3) is 0.389. The van der Waals surface area contributed by atoms with Gasteiger partial charge in [0.15, 0.2) is 0 Å². The van der Waals surface area contributed by atoms with Crippen molar-refractivity contribution < 1.29 is 4.79 Å². The number of carbonyl (C=O) groups excluding carboxylic acids is 1. The maximum Gasteiger partial charge on any atom is 0.228 e. The van der Waals surface area contributed by atoms with Crippen LogP contribution in [0.2, 0.25) is 0 Å². The molecule has 1 atom stereocenters. The monoisotopic (exact) mass is 348 g/mol. The molecule has 1 aromatic carbocycles. The lowest BCUT2D eigenvalue weighted by Gasteiger charge is -2.23. The number of hydrogen-bond acceptors (Lipinski definition) is 3. The van der Waals surface area contributed by atoms with Gasteiger partial charge in [-0.1, -0.05) is 18.2 Å². The van der Waals surface area contributed by atoms with Gasteiger partial charge in [0, 0.05) is 16.5 Å². The van der Waals surface area contributed by atoms with E-state index < -0.39 is 0 Å². The molecule has 1 unspecified atom stereocenters. The van der Waals surface area contributed by atoms with E-state index in [2.05, 4.69) is 40.3 Å². The van der Waals surface area contributed by atoms with Crippen molar-refractivity contribution in [3.63, 3.8) is 0 Å². The van der Waals surface area contributed by atoms with Crippen LogP contribution < -0.4 is 10.6 Å². The van der Waals surface area contributed by atoms with Gasteiger partial charge in [-0.3, -0.25) is 4.79 Å². The van der Waals surface area contributed by atoms with E-state index in [0.717, 1.165) is 38.0 Å². The highest BCUT2D eigenvalue weighted by atomic mass is 35.5. The zero-order valence-electron chi connectivity index (χ0n) is 12.9. The summed E-state index contributed by atoms with van der Waals surface area (Å²) in [5, 5.41) is 8.58. The summed E-state index contributed by atoms with van der Waals surface area (Å²) in [5.41, 5.74) is 2.37. The Morgan fingerprint density at radius 3 is 2.78 bits per heavy atom. The van der Waals surface area contributed by atoms with Gasteiger partial charge >= 0.3 is 0 Å². The number of nitrogens with one attached hydrogen (secondary N) is 2. The van der Waals surface area contributed by atoms with Crippen molar-refractivity contribution in [2.75, 3.05) is 18.4 Å². The van der Waals surface area contributed by atoms with Crippen molar-refractivity contribution in [1.29, 1.82) is 0 Å². The van der Waals surface area contributed by atoms with Gasteiger partial charge in [0.1, 0.15) is 0 Å². The third kappa shape index (κ3) is 3.30. The number of piperidine rings is 1. The van der Waals surface area contributed by atoms with Gasteiger partial charge in [0.05, 0.1) is 0 Å². The van der Waals surface area contributed by atoms with Gasteiger partial charge in [-0.25, -0.2) is 0 Å². The minimum Gasteiger partial charge on any atom is -0.326 e. The second kappa shape index (κ2) is 6.63. The molecule has 1 aromatic heterocycles. The highest BCUT2D eigenvalue weighted by Gasteiger charge is 2.57. The first-order valence-corrected chi connectivity index (χ1v) is 8.80. The van der Waals surface area contributed by atoms with Crippen molar-refractivity contribution >= 4 is 35.3 Å². The number of benzene rings is 1. The molecule has 5 heteroatoms. The SMILES string of the molecule is Cl.O=C(Nc1cccc(-c2cccs2)c1)C1CC12CCNCC2. The quantitative estimate of drug-likeness (QED) is 0.874. The third-order valence-electron chi connectivity index (χ3n) is 5.04. The van der Waals surface area contributed by atoms with Gasteiger partial charge in [0.2, 0.25) is 5.91 Å². The highest BCUT2D eigenvalue weighted by molar-refractivity contribution is 7.13. The molecule has 1 spiro atoms. The number of rotatable bonds is 3. The molecular formula is C18H21ClN2OS. The van der Waals surface area contributed by atoms with E-state index in [0.29, 0.717) is 5.41 Å². The van der Waals surface area contributed by atoms with Gasteiger partial charge in [-0.15, -0.1) is 23.7 Å². The lowest BCUT2D eigenvalue weighted by Crippen LogP contribution is -2.31. The summed E-state index contributed by atoms with van der Waals surface area (Å²) in [6, 6.07) is 12.3. The second-order valence-corrected chi connectivity index (χ2v) is 7.36. The Bertz CT molecular complexity index is 680. The largest absolute Gasteiger partial charge is 0.326 e. The molecule has 1 saturated heterocycles. The molecule has 2 heterocycles. The number of amides is 1. The zero-order chi connectivity index (χ0) is 15.0. The van der Waals surface area contributed by atoms with Crippen LogP contribution in [0, 0.1) is 11.3 Å². The molecule has 122 valence electrons. The molecule has 0 bridgehead atoms. The smallest absolute Gasteiger partial charge is 0.228 e. The van der Waals surface area contributed by atoms with Gasteiger partial charge in [-0.05, 0) is 66.9 Å². The maximum absolute atomic E-state index is 12.5. The van der Waals surface area contributed by atoms with Crippen LogP contribution in [0.3, 0.4) is 0 Å². The van der Waals surface area contributed by atoms with Crippen molar-refractivity contribution in [3.8, 4) is 10.4 Å². The summed E-state index contributed by atoms with van der Waals surface area (Å²) in [6.07, 6.45) is 3.34. The highest BCUT2D eigenvalue weighted by Crippen LogP contribution is 2.58. The Morgan fingerprint density at radius 2 is 2.04 bits per heavy atom. The fourth-order valence-corrected chi connectivity index (χ4v) is 4.34. The molecule has 1 aliphatic carbocycles. The van der Waals surface area contributed by atoms with Crippen LogP contribution in [0.15, 0.2) is 41.8 Å². The minimum atomic E-state index is 0. The van der Waals surface area contributed by atoms with Crippen LogP contribution in [0.5, 0.6) is 0 Å². The van der Waals surface area contributed by atoms with Crippen molar-refractivity contribution in [2.45, 2.75) is 19.3 Å². The predicted octanol–water partition coefficient (Wildman–Crippen LogP) is 4.17. The second-order valence-electron chi connectivity index (χ2n) is 6.42. The van der Waals surface area contributed by atoms with E-state index in [1.54, 1.807) is 11.3 Å². The zero-order valence-corrected chi connectivity index (χ0v) is 14.5. The van der Waals surface area contributed by atoms with E-state index >= 15 is 0 Å². The molecular weight excluding hydrogens is 328 g/mol. The maximum atomic E-state index is 12.5. The number of carbonyl (C=O) groups is 1. The topological polar surface area (TPSA) is 41.1 Å². The van der Waals surface area contributed by atoms with Crippen LogP contribution in [-0.4, -0.2) is 19.0 Å². The minimum absolute atomic E-state index is 0. The Hall–Kier alpha value is -1.36. The van der Waals surface area contributed by atoms with Crippen molar-refractivity contribution in [3.05, 3.63) is 41.8 Å². The normalized spacial score (nSPS) is 21.5. The summed E-state index contributed by atoms with van der Waals surface area (Å²) >= 11 is 1.72. The van der Waals surface area contributed by atoms with Crippen LogP contribution in [0.4, 0.5) is 5.69 Å². The molecule has 2 N–H and O–H groups in total. The molecule has 4 rings (SSSR count). The predicted molar refractivity (Wildman–Crippen MR) is 98.3 cm³/mol. The van der Waals surface area contributed by atoms with Gasteiger partial charge in [0.25, 0.3) is 0 Å². The van der Waals surface area contributed by atoms with Gasteiger partial charge < -0.3 is 10.6 Å². The molecule has 23 heavy (non-hydrogen) atoms. The lowest BCUT2D eigenvalue weighted by molar-refractivity contribution is -0.118. The standard InChI is InChI=1S/C18H20N2OS.ClH/c21-17(15-12-18(15)6-8-19-9-7-18)20-14-4-1-3-13(11-14)16-5-2-10-22-16;/h1-5,10-11,15,19H,6-9,12H2,(H,20,21);1H. The number of hydrogen-bond donors (Lipinski definition) is 2. The average molecular weight is 349 g/mol. The first-order chi connectivity index (χ1) is 10.8. The summed E-state index contributed by atoms with van der Waals surface area (Å²) in [6.45, 7) is 2.11. The van der Waals surface area contributed by atoms with E-state index in [9.17, 15) is 4.79 Å². The van der Waals surface area contributed by atoms with E-state index in [1.165, 1.54) is 10.4 Å². The summed E-state index contributed by atoms with van der Waals surface area (Å²) in [7, 11) is 0. The third-order valence-corrected chi connectivity index (χ3v) is 5.96. The van der Waals surface area contributed by atoms with E-state index in [-0.39, 0.29) is 24.2 Å². The molecule has 1 saturated carbocycles. The van der Waals surface area contributed by atoms with Crippen molar-refractivity contribution in [2.24, 2.45) is 11.3 Å². The molecule has 2 aromatic rings. The van der Waals surface area contributed by atoms with E-state index in [1.807, 2.05) is 12.1 Å². The first kappa shape index (κ1) is 16.5. The lowest BCUT2D eigenvalue weighted by atomic mass is 9.92. The Balaban J connectivity index is 0.00000156. The molecule has 0 radical (unpaired) electrons. The Morgan fingerprint density at radius 1 is 1.22 bits per heavy atom. The summed E-state index contributed by atoms with van der Waals surface area (Å²) < 4.78 is 0. The van der Waals surface area contributed by atoms with E-state index in [4.69, 9.17) is 0 Å². The van der Waals surface area contributed by atoms with Crippen LogP contribution in [0.1, 0.15) is 19.3 Å². The molecule has 1 amide bonds. The number of anilines is 1. The Labute approximate surface area is 146 Å². The van der Waals surface area contributed by atoms with Crippen molar-refractivity contribution in [1.82, 2.24) is 5.32 Å². The Kier molecular flexibility index (Phi) is 4.76. The molecule has 2 aliphatic rings. The van der Waals surface area contributed by atoms with Gasteiger partial charge in [-0.2, -0.15) is 0 Å². The molecule has 2 fully saturated rings. The fourth-order valence-electron chi connectivity index (χ4n) is 3.62.